The molecule has 0 aromatic heterocycles. The second-order valence-corrected chi connectivity index (χ2v) is 5.47. The van der Waals surface area contributed by atoms with Crippen LogP contribution in [0.1, 0.15) is 12.8 Å². The molecule has 1 aromatic carbocycles. The van der Waals surface area contributed by atoms with Crippen molar-refractivity contribution in [3.05, 3.63) is 27.1 Å². The van der Waals surface area contributed by atoms with Gasteiger partial charge in [0.2, 0.25) is 0 Å². The van der Waals surface area contributed by atoms with Crippen molar-refractivity contribution in [3.63, 3.8) is 0 Å². The van der Waals surface area contributed by atoms with Crippen molar-refractivity contribution in [1.82, 2.24) is 5.32 Å². The topological polar surface area (TPSA) is 24.1 Å². The number of hydrogen-bond donors (Lipinski definition) is 2. The second-order valence-electron chi connectivity index (χ2n) is 3.77. The summed E-state index contributed by atoms with van der Waals surface area (Å²) < 4.78 is 2.24. The van der Waals surface area contributed by atoms with Gasteiger partial charge in [-0.3, -0.25) is 0 Å². The average Bonchev–Trinajstić information content (AvgIpc) is 2.25. The molecule has 2 rings (SSSR count). The van der Waals surface area contributed by atoms with Crippen LogP contribution in [-0.4, -0.2) is 19.1 Å². The highest BCUT2D eigenvalue weighted by Gasteiger charge is 2.14. The van der Waals surface area contributed by atoms with E-state index in [4.69, 9.17) is 0 Å². The third kappa shape index (κ3) is 2.95. The van der Waals surface area contributed by atoms with E-state index in [1.807, 2.05) is 6.07 Å². The third-order valence-electron chi connectivity index (χ3n) is 2.65. The van der Waals surface area contributed by atoms with Crippen LogP contribution in [0.5, 0.6) is 0 Å². The first kappa shape index (κ1) is 11.4. The zero-order chi connectivity index (χ0) is 10.7. The molecule has 1 saturated heterocycles. The fourth-order valence-electron chi connectivity index (χ4n) is 1.81. The number of nitrogens with one attached hydrogen (secondary N) is 2. The van der Waals surface area contributed by atoms with Crippen LogP contribution in [0.4, 0.5) is 5.69 Å². The Morgan fingerprint density at radius 1 is 1.13 bits per heavy atom. The Balaban J connectivity index is 2.09. The molecule has 1 aliphatic heterocycles. The van der Waals surface area contributed by atoms with Gasteiger partial charge in [-0.15, -0.1) is 0 Å². The average molecular weight is 334 g/mol. The first-order valence-electron chi connectivity index (χ1n) is 5.18. The van der Waals surface area contributed by atoms with Crippen molar-refractivity contribution in [2.45, 2.75) is 18.9 Å². The molecular weight excluding hydrogens is 320 g/mol. The van der Waals surface area contributed by atoms with Crippen LogP contribution < -0.4 is 10.6 Å². The Bertz CT molecular complexity index is 315. The lowest BCUT2D eigenvalue weighted by Gasteiger charge is -2.25. The Hall–Kier alpha value is -0.0600. The molecule has 4 heteroatoms. The molecule has 0 bridgehead atoms. The van der Waals surface area contributed by atoms with Crippen LogP contribution in [0.3, 0.4) is 0 Å². The highest BCUT2D eigenvalue weighted by Crippen LogP contribution is 2.31. The lowest BCUT2D eigenvalue weighted by atomic mass is 10.1. The molecule has 2 N–H and O–H groups in total. The molecule has 0 radical (unpaired) electrons. The quantitative estimate of drug-likeness (QED) is 0.867. The van der Waals surface area contributed by atoms with Crippen LogP contribution in [0.25, 0.3) is 0 Å². The molecule has 1 heterocycles. The van der Waals surface area contributed by atoms with E-state index in [1.165, 1.54) is 18.5 Å². The summed E-state index contributed by atoms with van der Waals surface area (Å²) in [7, 11) is 0. The number of hydrogen-bond acceptors (Lipinski definition) is 2. The number of anilines is 1. The summed E-state index contributed by atoms with van der Waals surface area (Å²) >= 11 is 7.13. The molecule has 0 atom stereocenters. The minimum absolute atomic E-state index is 0.584. The monoisotopic (exact) mass is 332 g/mol. The maximum Gasteiger partial charge on any atom is 0.0631 e. The molecule has 0 aliphatic carbocycles. The minimum Gasteiger partial charge on any atom is -0.380 e. The van der Waals surface area contributed by atoms with Crippen LogP contribution in [0.15, 0.2) is 27.1 Å². The molecule has 0 saturated carbocycles. The van der Waals surface area contributed by atoms with Crippen molar-refractivity contribution in [2.24, 2.45) is 0 Å². The van der Waals surface area contributed by atoms with E-state index in [0.717, 1.165) is 22.0 Å². The Kier molecular flexibility index (Phi) is 4.05. The molecule has 1 aromatic rings. The summed E-state index contributed by atoms with van der Waals surface area (Å²) in [6.45, 7) is 2.22. The van der Waals surface area contributed by atoms with Crippen molar-refractivity contribution in [1.29, 1.82) is 0 Å². The normalized spacial score (nSPS) is 17.7. The van der Waals surface area contributed by atoms with E-state index in [9.17, 15) is 0 Å². The Morgan fingerprint density at radius 2 is 1.73 bits per heavy atom. The zero-order valence-electron chi connectivity index (χ0n) is 8.39. The number of rotatable bonds is 2. The highest BCUT2D eigenvalue weighted by atomic mass is 79.9. The summed E-state index contributed by atoms with van der Waals surface area (Å²) in [5.74, 6) is 0. The van der Waals surface area contributed by atoms with E-state index in [0.29, 0.717) is 6.04 Å². The lowest BCUT2D eigenvalue weighted by Crippen LogP contribution is -2.35. The van der Waals surface area contributed by atoms with Crippen LogP contribution in [0, 0.1) is 0 Å². The van der Waals surface area contributed by atoms with Crippen LogP contribution in [0.2, 0.25) is 0 Å². The molecule has 82 valence electrons. The SMILES string of the molecule is Brc1cccc(Br)c1NC1CCNCC1. The highest BCUT2D eigenvalue weighted by molar-refractivity contribution is 9.11. The summed E-state index contributed by atoms with van der Waals surface area (Å²) in [5, 5.41) is 6.95. The standard InChI is InChI=1S/C11H14Br2N2/c12-9-2-1-3-10(13)11(9)15-8-4-6-14-7-5-8/h1-3,8,14-15H,4-7H2. The largest absolute Gasteiger partial charge is 0.380 e. The summed E-state index contributed by atoms with van der Waals surface area (Å²) in [4.78, 5) is 0. The van der Waals surface area contributed by atoms with Crippen molar-refractivity contribution < 1.29 is 0 Å². The summed E-state index contributed by atoms with van der Waals surface area (Å²) in [6, 6.07) is 6.74. The summed E-state index contributed by atoms with van der Waals surface area (Å²) in [6.07, 6.45) is 2.38. The van der Waals surface area contributed by atoms with Crippen molar-refractivity contribution in [2.75, 3.05) is 18.4 Å². The van der Waals surface area contributed by atoms with Gasteiger partial charge in [-0.05, 0) is 69.9 Å². The molecule has 1 aliphatic rings. The maximum absolute atomic E-state index is 3.58. The van der Waals surface area contributed by atoms with Gasteiger partial charge in [-0.1, -0.05) is 6.07 Å². The first-order chi connectivity index (χ1) is 7.27. The maximum atomic E-state index is 3.58. The molecule has 0 unspecified atom stereocenters. The van der Waals surface area contributed by atoms with Crippen molar-refractivity contribution in [3.8, 4) is 0 Å². The Labute approximate surface area is 107 Å². The van der Waals surface area contributed by atoms with Gasteiger partial charge < -0.3 is 10.6 Å². The van der Waals surface area contributed by atoms with Gasteiger partial charge in [0.05, 0.1) is 5.69 Å². The molecule has 0 amide bonds. The predicted octanol–water partition coefficient (Wildman–Crippen LogP) is 3.38. The van der Waals surface area contributed by atoms with E-state index < -0.39 is 0 Å². The minimum atomic E-state index is 0.584. The van der Waals surface area contributed by atoms with E-state index >= 15 is 0 Å². The molecule has 2 nitrogen and oxygen atoms in total. The van der Waals surface area contributed by atoms with E-state index in [2.05, 4.69) is 54.6 Å². The van der Waals surface area contributed by atoms with E-state index in [1.54, 1.807) is 0 Å². The fourth-order valence-corrected chi connectivity index (χ4v) is 3.03. The third-order valence-corrected chi connectivity index (χ3v) is 3.97. The molecule has 1 fully saturated rings. The second kappa shape index (κ2) is 5.32. The predicted molar refractivity (Wildman–Crippen MR) is 71.4 cm³/mol. The number of para-hydroxylation sites is 1. The van der Waals surface area contributed by atoms with Gasteiger partial charge in [0.1, 0.15) is 0 Å². The van der Waals surface area contributed by atoms with Gasteiger partial charge in [0.25, 0.3) is 0 Å². The zero-order valence-corrected chi connectivity index (χ0v) is 11.6. The first-order valence-corrected chi connectivity index (χ1v) is 6.77. The van der Waals surface area contributed by atoms with Gasteiger partial charge in [0, 0.05) is 15.0 Å². The smallest absolute Gasteiger partial charge is 0.0631 e. The number of piperidine rings is 1. The lowest BCUT2D eigenvalue weighted by molar-refractivity contribution is 0.479. The van der Waals surface area contributed by atoms with Crippen molar-refractivity contribution >= 4 is 37.5 Å². The molecule has 15 heavy (non-hydrogen) atoms. The number of benzene rings is 1. The van der Waals surface area contributed by atoms with Gasteiger partial charge in [-0.2, -0.15) is 0 Å². The molecular formula is C11H14Br2N2. The van der Waals surface area contributed by atoms with Crippen LogP contribution in [-0.2, 0) is 0 Å². The van der Waals surface area contributed by atoms with Gasteiger partial charge in [0.15, 0.2) is 0 Å². The van der Waals surface area contributed by atoms with Gasteiger partial charge in [-0.25, -0.2) is 0 Å². The van der Waals surface area contributed by atoms with Gasteiger partial charge >= 0.3 is 0 Å². The number of halogens is 2. The van der Waals surface area contributed by atoms with Crippen LogP contribution >= 0.6 is 31.9 Å². The summed E-state index contributed by atoms with van der Waals surface area (Å²) in [5.41, 5.74) is 1.17. The Morgan fingerprint density at radius 3 is 2.33 bits per heavy atom. The van der Waals surface area contributed by atoms with E-state index in [-0.39, 0.29) is 0 Å². The molecule has 0 spiro atoms. The fraction of sp³-hybridized carbons (Fsp3) is 0.455.